The standard InChI is InChI=1S/C28H29FN6O3.C16H14N4O3.C12H17FN2O.CH4.S2.H2S/c1-16-4-3-5-21(33-16)10-26(36)25-9-20(29)13-35(25)27(37)15-34-14-23(28(30)38)22-8-18(6-7-24(22)34)19-11-31-17(2)32-12-19;1-9-18-5-11(6-19-9)10-2-3-14-12(4-10)13(16(17)23)7-20(14)8-15(21)22;1-8-3-2-4-10(15-8)6-12(16)11-5-9(13)7-14-11;;1-2;/h3-8,11-12,14,20,25-26,36H,9-10,13,15H2,1-2H3,(H2,30,38);2-7H,8H2,1H3,(H2,17,23)(H,21,22);2-4,9,11-12,14,16H,5-7H2,1H3;1H4;;1H2/t20-,25+,26?;;9-,11+,12?;;;/m1.1.../s1. The first-order valence-corrected chi connectivity index (χ1v) is 26.5. The predicted molar refractivity (Wildman–Crippen MR) is 316 cm³/mol. The highest BCUT2D eigenvalue weighted by atomic mass is 32.8. The number of carboxylic acids is 1. The van der Waals surface area contributed by atoms with E-state index in [4.69, 9.17) is 16.6 Å². The Bertz CT molecular complexity index is 3460. The number of alkyl halides is 2. The number of halogens is 2. The normalized spacial score (nSPS) is 17.0. The van der Waals surface area contributed by atoms with Gasteiger partial charge in [-0.1, -0.05) is 31.7 Å². The second kappa shape index (κ2) is 29.2. The van der Waals surface area contributed by atoms with Crippen molar-refractivity contribution in [2.75, 3.05) is 13.1 Å². The second-order valence-electron chi connectivity index (χ2n) is 19.3. The summed E-state index contributed by atoms with van der Waals surface area (Å²) in [5.41, 5.74) is 19.4. The number of carbonyl (C=O) groups is 4. The summed E-state index contributed by atoms with van der Waals surface area (Å²) in [5.74, 6) is -1.25. The van der Waals surface area contributed by atoms with Crippen LogP contribution in [-0.2, 0) is 57.9 Å². The molecule has 0 radical (unpaired) electrons. The van der Waals surface area contributed by atoms with E-state index in [9.17, 15) is 38.2 Å². The maximum absolute atomic E-state index is 14.5. The van der Waals surface area contributed by atoms with Gasteiger partial charge in [0.2, 0.25) is 5.91 Å². The van der Waals surface area contributed by atoms with Crippen molar-refractivity contribution in [2.45, 2.75) is 111 Å². The number of aliphatic hydroxyl groups excluding tert-OH is 2. The summed E-state index contributed by atoms with van der Waals surface area (Å²) in [7, 11) is 0. The molecule has 428 valence electrons. The lowest BCUT2D eigenvalue weighted by Gasteiger charge is -2.28. The Morgan fingerprint density at radius 2 is 1.12 bits per heavy atom. The lowest BCUT2D eigenvalue weighted by molar-refractivity contribution is -0.137. The van der Waals surface area contributed by atoms with Gasteiger partial charge < -0.3 is 46.1 Å². The number of aromatic nitrogens is 8. The number of likely N-dealkylation sites (tertiary alicyclic amines) is 1. The van der Waals surface area contributed by atoms with Crippen molar-refractivity contribution in [1.82, 2.24) is 49.3 Å². The van der Waals surface area contributed by atoms with Crippen LogP contribution in [0, 0.1) is 27.7 Å². The quantitative estimate of drug-likeness (QED) is 0.0720. The molecule has 0 spiro atoms. The van der Waals surface area contributed by atoms with Gasteiger partial charge in [-0.25, -0.2) is 28.7 Å². The zero-order chi connectivity index (χ0) is 57.1. The number of aliphatic carboxylic acids is 1. The Labute approximate surface area is 484 Å². The highest BCUT2D eigenvalue weighted by Crippen LogP contribution is 2.31. The van der Waals surface area contributed by atoms with Gasteiger partial charge in [0.05, 0.1) is 35.9 Å². The largest absolute Gasteiger partial charge is 0.480 e. The molecule has 19 nitrogen and oxygen atoms in total. The molecule has 2 aromatic carbocycles. The fraction of sp³-hybridized carbons (Fsp3) is 0.333. The molecule has 2 aliphatic heterocycles. The lowest BCUT2D eigenvalue weighted by Crippen LogP contribution is -2.45. The zero-order valence-corrected chi connectivity index (χ0v) is 46.9. The van der Waals surface area contributed by atoms with Gasteiger partial charge in [0.1, 0.15) is 37.1 Å². The number of primary amides is 2. The molecule has 0 aliphatic carbocycles. The van der Waals surface area contributed by atoms with Crippen LogP contribution in [0.5, 0.6) is 0 Å². The van der Waals surface area contributed by atoms with Gasteiger partial charge in [-0.3, -0.25) is 29.1 Å². The van der Waals surface area contributed by atoms with Gasteiger partial charge in [0, 0.05) is 147 Å². The molecular formula is C57H66F2N12O7S3. The van der Waals surface area contributed by atoms with Gasteiger partial charge in [-0.05, 0) is 93.8 Å². The number of amides is 3. The third-order valence-electron chi connectivity index (χ3n) is 13.5. The van der Waals surface area contributed by atoms with E-state index in [-0.39, 0.29) is 76.5 Å². The Morgan fingerprint density at radius 1 is 0.667 bits per heavy atom. The number of nitrogens with zero attached hydrogens (tertiary/aromatic N) is 9. The Hall–Kier alpha value is -7.61. The summed E-state index contributed by atoms with van der Waals surface area (Å²) >= 11 is 7.33. The van der Waals surface area contributed by atoms with Crippen LogP contribution in [-0.4, -0.2) is 133 Å². The van der Waals surface area contributed by atoms with Gasteiger partial charge in [0.15, 0.2) is 0 Å². The third-order valence-corrected chi connectivity index (χ3v) is 13.5. The molecule has 6 aromatic heterocycles. The maximum atomic E-state index is 14.5. The number of aryl methyl sites for hydroxylation is 4. The fourth-order valence-corrected chi connectivity index (χ4v) is 9.69. The van der Waals surface area contributed by atoms with Gasteiger partial charge in [0.25, 0.3) is 11.8 Å². The minimum atomic E-state index is -1.23. The van der Waals surface area contributed by atoms with Gasteiger partial charge in [-0.15, -0.1) is 0 Å². The highest BCUT2D eigenvalue weighted by molar-refractivity contribution is 8.07. The number of benzene rings is 2. The summed E-state index contributed by atoms with van der Waals surface area (Å²) < 4.78 is 30.6. The fourth-order valence-electron chi connectivity index (χ4n) is 9.69. The summed E-state index contributed by atoms with van der Waals surface area (Å²) in [5, 5.41) is 34.0. The SMILES string of the molecule is C.Cc1cccc(CC(O)[C@@H]2C[C@@H](F)CN2)n1.Cc1cccc(CC(O)[C@@H]2C[C@@H](F)CN2C(=O)Cn2cc(C(N)=O)c3cc(-c4cnc(C)nc4)ccc32)n1.Cc1ncc(-c2ccc3c(c2)c(C(N)=O)cn3CC(=O)O)cn1.S.S=S. The molecule has 2 unspecified atom stereocenters. The van der Waals surface area contributed by atoms with E-state index >= 15 is 0 Å². The molecule has 10 rings (SSSR count). The van der Waals surface area contributed by atoms with Crippen LogP contribution in [0.3, 0.4) is 0 Å². The first kappa shape index (κ1) is 64.2. The van der Waals surface area contributed by atoms with Gasteiger partial charge in [-0.2, -0.15) is 13.5 Å². The zero-order valence-electron chi connectivity index (χ0n) is 44.2. The van der Waals surface area contributed by atoms with Crippen LogP contribution < -0.4 is 16.8 Å². The third kappa shape index (κ3) is 16.5. The van der Waals surface area contributed by atoms with E-state index in [0.29, 0.717) is 58.5 Å². The molecular weight excluding hydrogens is 1100 g/mol. The number of rotatable bonds is 14. The van der Waals surface area contributed by atoms with Crippen LogP contribution in [0.4, 0.5) is 8.78 Å². The molecule has 3 amide bonds. The second-order valence-corrected chi connectivity index (χ2v) is 19.3. The molecule has 8 N–H and O–H groups in total. The number of aliphatic hydroxyl groups is 2. The number of hydrogen-bond donors (Lipinski definition) is 6. The Morgan fingerprint density at radius 3 is 1.54 bits per heavy atom. The minimum absolute atomic E-state index is 0. The van der Waals surface area contributed by atoms with Crippen LogP contribution >= 0.6 is 13.5 Å². The van der Waals surface area contributed by atoms with E-state index in [1.165, 1.54) is 15.7 Å². The molecule has 8 heterocycles. The number of carboxylic acid groups (broad SMARTS) is 1. The van der Waals surface area contributed by atoms with E-state index in [0.717, 1.165) is 39.3 Å². The molecule has 81 heavy (non-hydrogen) atoms. The molecule has 2 saturated heterocycles. The monoisotopic (exact) mass is 1160 g/mol. The van der Waals surface area contributed by atoms with Crippen molar-refractivity contribution in [3.8, 4) is 22.3 Å². The predicted octanol–water partition coefficient (Wildman–Crippen LogP) is 6.08. The van der Waals surface area contributed by atoms with E-state index in [1.54, 1.807) is 67.6 Å². The smallest absolute Gasteiger partial charge is 0.323 e. The van der Waals surface area contributed by atoms with Crippen LogP contribution in [0.25, 0.3) is 44.1 Å². The van der Waals surface area contributed by atoms with Crippen molar-refractivity contribution < 1.29 is 43.3 Å². The van der Waals surface area contributed by atoms with Gasteiger partial charge >= 0.3 is 5.97 Å². The van der Waals surface area contributed by atoms with Crippen LogP contribution in [0.2, 0.25) is 0 Å². The number of fused-ring (bicyclic) bond motifs is 2. The summed E-state index contributed by atoms with van der Waals surface area (Å²) in [4.78, 5) is 75.1. The average Bonchev–Trinajstić information content (AvgIpc) is 4.22. The number of nitrogens with two attached hydrogens (primary N) is 2. The Balaban J connectivity index is 0.000000238. The van der Waals surface area contributed by atoms with Crippen molar-refractivity contribution in [3.63, 3.8) is 0 Å². The van der Waals surface area contributed by atoms with Crippen LogP contribution in [0.15, 0.2) is 110 Å². The lowest BCUT2D eigenvalue weighted by atomic mass is 10.0. The molecule has 0 bridgehead atoms. The summed E-state index contributed by atoms with van der Waals surface area (Å²) in [6.07, 6.45) is 7.37. The topological polar surface area (TPSA) is 283 Å². The van der Waals surface area contributed by atoms with E-state index in [2.05, 4.69) is 57.6 Å². The number of nitrogens with one attached hydrogen (secondary N) is 1. The molecule has 8 aromatic rings. The summed E-state index contributed by atoms with van der Waals surface area (Å²) in [6, 6.07) is 21.3. The highest BCUT2D eigenvalue weighted by Gasteiger charge is 2.40. The van der Waals surface area contributed by atoms with Crippen molar-refractivity contribution in [1.29, 1.82) is 0 Å². The van der Waals surface area contributed by atoms with Crippen molar-refractivity contribution in [3.05, 3.63) is 156 Å². The number of hydrogen-bond acceptors (Lipinski definition) is 15. The minimum Gasteiger partial charge on any atom is -0.480 e. The van der Waals surface area contributed by atoms with Crippen molar-refractivity contribution in [2.24, 2.45) is 11.5 Å². The molecule has 0 saturated carbocycles. The van der Waals surface area contributed by atoms with Crippen molar-refractivity contribution >= 4 is 81.4 Å². The average molecular weight is 1170 g/mol. The number of carbonyl (C=O) groups excluding carboxylic acids is 3. The maximum Gasteiger partial charge on any atom is 0.323 e. The molecule has 2 aliphatic rings. The van der Waals surface area contributed by atoms with E-state index < -0.39 is 48.4 Å². The molecule has 2 fully saturated rings. The first-order valence-electron chi connectivity index (χ1n) is 25.1. The van der Waals surface area contributed by atoms with Crippen LogP contribution in [0.1, 0.15) is 75.4 Å². The number of pyridine rings is 2. The molecule has 6 atom stereocenters. The molecule has 24 heteroatoms. The summed E-state index contributed by atoms with van der Waals surface area (Å²) in [6.45, 7) is 7.25. The Kier molecular flexibility index (Phi) is 23.2. The first-order chi connectivity index (χ1) is 37.8. The van der Waals surface area contributed by atoms with E-state index in [1.807, 2.05) is 68.4 Å².